The molecule has 4 heterocycles. The maximum absolute atomic E-state index is 13.7. The molecule has 0 aliphatic carbocycles. The number of aliphatic hydroxyl groups excluding tert-OH is 1. The Hall–Kier alpha value is -4.28. The summed E-state index contributed by atoms with van der Waals surface area (Å²) in [6, 6.07) is 8.85. The molecule has 2 N–H and O–H groups in total. The average molecular weight is 947 g/mol. The molecule has 3 aliphatic rings. The molecular formula is C44H55KN6O11S2. The first-order valence-electron chi connectivity index (χ1n) is 20.3. The minimum atomic E-state index is -0.644. The summed E-state index contributed by atoms with van der Waals surface area (Å²) < 4.78 is 29.2. The molecule has 1 unspecified atom stereocenters. The van der Waals surface area contributed by atoms with Crippen molar-refractivity contribution in [2.45, 2.75) is 57.0 Å². The van der Waals surface area contributed by atoms with Gasteiger partial charge in [0.25, 0.3) is 17.5 Å². The van der Waals surface area contributed by atoms with Crippen molar-refractivity contribution in [3.8, 4) is 23.0 Å². The van der Waals surface area contributed by atoms with Crippen LogP contribution in [0.1, 0.15) is 66.7 Å². The number of aliphatic hydroxyl groups is 1. The van der Waals surface area contributed by atoms with Crippen LogP contribution in [0.15, 0.2) is 84.4 Å². The number of hydrogen-bond acceptors (Lipinski definition) is 15. The number of benzene rings is 2. The van der Waals surface area contributed by atoms with Gasteiger partial charge in [-0.05, 0) is 73.7 Å². The summed E-state index contributed by atoms with van der Waals surface area (Å²) in [4.78, 5) is 57.6. The zero-order valence-corrected chi connectivity index (χ0v) is 42.1. The van der Waals surface area contributed by atoms with Gasteiger partial charge < -0.3 is 54.0 Å². The van der Waals surface area contributed by atoms with Gasteiger partial charge in [0.15, 0.2) is 28.9 Å². The van der Waals surface area contributed by atoms with Gasteiger partial charge in [0.2, 0.25) is 0 Å². The van der Waals surface area contributed by atoms with Gasteiger partial charge in [-0.15, -0.1) is 5.69 Å². The van der Waals surface area contributed by atoms with Gasteiger partial charge in [0.05, 0.1) is 62.2 Å². The molecule has 3 aromatic rings. The molecule has 1 atom stereocenters. The number of amides is 3. The van der Waals surface area contributed by atoms with Crippen molar-refractivity contribution in [3.05, 3.63) is 106 Å². The molecule has 3 amide bonds. The maximum Gasteiger partial charge on any atom is 1.00 e. The standard InChI is InChI=1S/C41H46N6O10S2.C2H6.CH4O.K/c1-25-11-12-45(23-25)40(49)29-18-34(53-4)36(20-31(29)43-27(3)55-15-16-58-59-38-10-9-28(22-42-38)47(51)52)56-13-7-6-8-14-57-37-21-32-30(19-35(37)54-5)41(50)46-24-26(2)17-33(46)39(48)44-32;2*1-2;/h9-10,18-22,33H,1-3,6-8,11-17,23-24H2,4-5H3,(H2,43,44,48,49,50);1-2H3;2H,1H3;/q;;;+1/p-1. The number of methoxy groups -OCH3 is 2. The Bertz CT molecular complexity index is 2140. The van der Waals surface area contributed by atoms with E-state index in [4.69, 9.17) is 28.8 Å². The van der Waals surface area contributed by atoms with Crippen LogP contribution < -0.4 is 75.6 Å². The van der Waals surface area contributed by atoms with E-state index < -0.39 is 11.0 Å². The zero-order valence-electron chi connectivity index (χ0n) is 37.3. The van der Waals surface area contributed by atoms with Crippen molar-refractivity contribution in [1.82, 2.24) is 14.8 Å². The first-order valence-corrected chi connectivity index (χ1v) is 22.6. The predicted octanol–water partition coefficient (Wildman–Crippen LogP) is 5.33. The Balaban J connectivity index is 0.00000212. The van der Waals surface area contributed by atoms with Crippen LogP contribution >= 0.6 is 21.6 Å². The van der Waals surface area contributed by atoms with E-state index in [-0.39, 0.29) is 91.9 Å². The van der Waals surface area contributed by atoms with Crippen LogP contribution in [0.3, 0.4) is 0 Å². The van der Waals surface area contributed by atoms with E-state index in [1.165, 1.54) is 53.0 Å². The minimum absolute atomic E-state index is 0. The molecule has 340 valence electrons. The zero-order chi connectivity index (χ0) is 46.1. The molecule has 0 saturated carbocycles. The third-order valence-corrected chi connectivity index (χ3v) is 11.8. The Morgan fingerprint density at radius 3 is 2.25 bits per heavy atom. The number of anilines is 1. The van der Waals surface area contributed by atoms with Gasteiger partial charge in [0.1, 0.15) is 11.2 Å². The Morgan fingerprint density at radius 1 is 0.969 bits per heavy atom. The van der Waals surface area contributed by atoms with E-state index in [9.17, 15) is 24.5 Å². The van der Waals surface area contributed by atoms with Crippen molar-refractivity contribution in [2.24, 2.45) is 0 Å². The number of rotatable bonds is 20. The van der Waals surface area contributed by atoms with Gasteiger partial charge in [-0.1, -0.05) is 48.9 Å². The minimum Gasteiger partial charge on any atom is -0.624 e. The topological polar surface area (TPSA) is 206 Å². The summed E-state index contributed by atoms with van der Waals surface area (Å²) in [5, 5.41) is 25.9. The molecule has 1 aromatic heterocycles. The number of fused-ring (bicyclic) bond motifs is 2. The van der Waals surface area contributed by atoms with Crippen molar-refractivity contribution in [1.29, 1.82) is 0 Å². The molecule has 2 fully saturated rings. The van der Waals surface area contributed by atoms with Gasteiger partial charge in [-0.2, -0.15) is 0 Å². The van der Waals surface area contributed by atoms with E-state index in [1.807, 2.05) is 13.8 Å². The number of hydrogen-bond donors (Lipinski definition) is 2. The molecule has 0 spiro atoms. The molecule has 0 bridgehead atoms. The first-order chi connectivity index (χ1) is 30.4. The fraction of sp³-hybridized carbons (Fsp3) is 0.409. The molecule has 64 heavy (non-hydrogen) atoms. The number of nitrogens with zero attached hydrogens (tertiary/aromatic N) is 5. The van der Waals surface area contributed by atoms with Crippen LogP contribution in [0.4, 0.5) is 17.1 Å². The average Bonchev–Trinajstić information content (AvgIpc) is 3.90. The van der Waals surface area contributed by atoms with Crippen molar-refractivity contribution >= 4 is 56.4 Å². The molecule has 2 saturated heterocycles. The smallest absolute Gasteiger partial charge is 0.624 e. The van der Waals surface area contributed by atoms with E-state index in [0.717, 1.165) is 31.1 Å². The van der Waals surface area contributed by atoms with Crippen LogP contribution in [-0.2, 0) is 9.53 Å². The first kappa shape index (κ1) is 54.1. The number of likely N-dealkylation sites (tertiary alicyclic amines) is 1. The van der Waals surface area contributed by atoms with Crippen molar-refractivity contribution in [2.75, 3.05) is 71.9 Å². The van der Waals surface area contributed by atoms with E-state index >= 15 is 0 Å². The second-order valence-corrected chi connectivity index (χ2v) is 16.3. The number of carbonyl (C=O) groups is 3. The number of aromatic nitrogens is 1. The fourth-order valence-corrected chi connectivity index (χ4v) is 8.29. The monoisotopic (exact) mass is 946 g/mol. The molecule has 20 heteroatoms. The van der Waals surface area contributed by atoms with Crippen molar-refractivity contribution < 1.29 is 99.5 Å². The van der Waals surface area contributed by atoms with Crippen LogP contribution in [0, 0.1) is 10.1 Å². The van der Waals surface area contributed by atoms with Crippen LogP contribution in [-0.4, -0.2) is 115 Å². The molecule has 3 aliphatic heterocycles. The van der Waals surface area contributed by atoms with Crippen LogP contribution in [0.5, 0.6) is 23.0 Å². The SMILES string of the molecule is C=C1CCN(C(=O)c2cc(OC)c(OCCCCCOc3cc4c(cc3OC)C(=O)N3CC(=C)CC3C(=O)[N-]4)cc2NC(=C)OCCSSc2ccc([N+](=O)[O-])cn2)C1.CC.CO.[K+]. The maximum atomic E-state index is 13.7. The quantitative estimate of drug-likeness (QED) is 0.0279. The fourth-order valence-electron chi connectivity index (χ4n) is 6.61. The molecule has 6 rings (SSSR count). The van der Waals surface area contributed by atoms with E-state index in [0.29, 0.717) is 104 Å². The van der Waals surface area contributed by atoms with Gasteiger partial charge in [-0.3, -0.25) is 19.7 Å². The largest absolute Gasteiger partial charge is 1.00 e. The second-order valence-electron chi connectivity index (χ2n) is 13.8. The number of nitro groups is 1. The molecule has 2 aromatic carbocycles. The molecule has 17 nitrogen and oxygen atoms in total. The van der Waals surface area contributed by atoms with Crippen molar-refractivity contribution in [3.63, 3.8) is 0 Å². The summed E-state index contributed by atoms with van der Waals surface area (Å²) >= 11 is 0. The number of ether oxygens (including phenoxy) is 5. The number of unbranched alkanes of at least 4 members (excludes halogenated alkanes) is 2. The number of nitrogens with one attached hydrogen (secondary N) is 1. The Kier molecular flexibility index (Phi) is 23.0. The van der Waals surface area contributed by atoms with E-state index in [2.05, 4.69) is 35.4 Å². The second kappa shape index (κ2) is 27.3. The normalized spacial score (nSPS) is 14.8. The van der Waals surface area contributed by atoms with Gasteiger partial charge in [-0.25, -0.2) is 4.98 Å². The van der Waals surface area contributed by atoms with Crippen LogP contribution in [0.2, 0.25) is 0 Å². The summed E-state index contributed by atoms with van der Waals surface area (Å²) in [5.74, 6) is 1.49. The van der Waals surface area contributed by atoms with Crippen LogP contribution in [0.25, 0.3) is 5.32 Å². The summed E-state index contributed by atoms with van der Waals surface area (Å²) in [6.07, 6.45) is 4.45. The third kappa shape index (κ3) is 14.6. The summed E-state index contributed by atoms with van der Waals surface area (Å²) in [5.41, 5.74) is 3.07. The van der Waals surface area contributed by atoms with Gasteiger partial charge in [0, 0.05) is 50.2 Å². The molecular weight excluding hydrogens is 892 g/mol. The predicted molar refractivity (Wildman–Crippen MR) is 245 cm³/mol. The summed E-state index contributed by atoms with van der Waals surface area (Å²) in [6.45, 7) is 18.3. The Morgan fingerprint density at radius 2 is 1.64 bits per heavy atom. The Labute approximate surface area is 424 Å². The third-order valence-electron chi connectivity index (χ3n) is 9.61. The summed E-state index contributed by atoms with van der Waals surface area (Å²) in [7, 11) is 6.84. The molecule has 0 radical (unpaired) electrons. The van der Waals surface area contributed by atoms with E-state index in [1.54, 1.807) is 35.2 Å². The number of carbonyl (C=O) groups excluding carboxylic acids is 3. The number of pyridine rings is 1. The van der Waals surface area contributed by atoms with Gasteiger partial charge >= 0.3 is 51.4 Å².